The van der Waals surface area contributed by atoms with Crippen LogP contribution in [0.25, 0.3) is 6.08 Å². The van der Waals surface area contributed by atoms with Gasteiger partial charge in [0.2, 0.25) is 10.0 Å². The summed E-state index contributed by atoms with van der Waals surface area (Å²) in [7, 11) is -3.54. The average molecular weight is 411 g/mol. The first-order valence-electron chi connectivity index (χ1n) is 8.77. The lowest BCUT2D eigenvalue weighted by Gasteiger charge is -2.18. The summed E-state index contributed by atoms with van der Waals surface area (Å²) in [5.41, 5.74) is 0.585. The van der Waals surface area contributed by atoms with E-state index in [1.807, 2.05) is 5.32 Å². The Morgan fingerprint density at radius 1 is 1.07 bits per heavy atom. The molecule has 154 valence electrons. The summed E-state index contributed by atoms with van der Waals surface area (Å²) >= 11 is 0. The average Bonchev–Trinajstić information content (AvgIpc) is 2.66. The van der Waals surface area contributed by atoms with Gasteiger partial charge in [0.15, 0.2) is 6.61 Å². The van der Waals surface area contributed by atoms with Gasteiger partial charge in [0.1, 0.15) is 0 Å². The van der Waals surface area contributed by atoms with Crippen LogP contribution >= 0.6 is 0 Å². The molecule has 0 saturated heterocycles. The first-order valence-corrected chi connectivity index (χ1v) is 10.2. The van der Waals surface area contributed by atoms with Crippen LogP contribution < -0.4 is 10.6 Å². The van der Waals surface area contributed by atoms with Crippen molar-refractivity contribution in [2.75, 3.05) is 26.2 Å². The number of nitrogens with zero attached hydrogens (tertiary/aromatic N) is 1. The van der Waals surface area contributed by atoms with Gasteiger partial charge in [-0.05, 0) is 30.7 Å². The van der Waals surface area contributed by atoms with Gasteiger partial charge >= 0.3 is 12.0 Å². The van der Waals surface area contributed by atoms with Gasteiger partial charge in [0.05, 0.1) is 4.90 Å². The van der Waals surface area contributed by atoms with Gasteiger partial charge in [-0.2, -0.15) is 4.31 Å². The van der Waals surface area contributed by atoms with E-state index in [0.717, 1.165) is 6.08 Å². The van der Waals surface area contributed by atoms with Gasteiger partial charge in [-0.1, -0.05) is 26.0 Å². The molecule has 1 aromatic carbocycles. The van der Waals surface area contributed by atoms with Crippen molar-refractivity contribution in [2.45, 2.75) is 25.7 Å². The first-order chi connectivity index (χ1) is 13.2. The van der Waals surface area contributed by atoms with Crippen molar-refractivity contribution in [2.24, 2.45) is 0 Å². The van der Waals surface area contributed by atoms with Crippen LogP contribution in [0.5, 0.6) is 0 Å². The molecule has 1 rings (SSSR count). The Hall–Kier alpha value is -2.72. The molecule has 0 heterocycles. The molecule has 0 saturated carbocycles. The van der Waals surface area contributed by atoms with E-state index in [0.29, 0.717) is 25.2 Å². The van der Waals surface area contributed by atoms with Crippen molar-refractivity contribution in [1.82, 2.24) is 14.9 Å². The highest BCUT2D eigenvalue weighted by atomic mass is 32.2. The van der Waals surface area contributed by atoms with Crippen LogP contribution in [0.4, 0.5) is 4.79 Å². The van der Waals surface area contributed by atoms with Crippen LogP contribution in [0.3, 0.4) is 0 Å². The Balaban J connectivity index is 2.62. The second-order valence-corrected chi connectivity index (χ2v) is 7.44. The van der Waals surface area contributed by atoms with E-state index in [4.69, 9.17) is 4.74 Å². The van der Waals surface area contributed by atoms with Crippen LogP contribution in [0, 0.1) is 0 Å². The molecular weight excluding hydrogens is 386 g/mol. The normalized spacial score (nSPS) is 11.4. The van der Waals surface area contributed by atoms with Gasteiger partial charge in [0, 0.05) is 25.7 Å². The summed E-state index contributed by atoms with van der Waals surface area (Å²) in [6.07, 6.45) is 2.53. The number of esters is 1. The number of urea groups is 1. The zero-order chi connectivity index (χ0) is 21.2. The molecule has 28 heavy (non-hydrogen) atoms. The molecule has 0 radical (unpaired) electrons. The summed E-state index contributed by atoms with van der Waals surface area (Å²) in [5.74, 6) is -1.52. The number of hydrogen-bond donors (Lipinski definition) is 2. The number of sulfonamides is 1. The van der Waals surface area contributed by atoms with Crippen LogP contribution in [-0.2, 0) is 24.3 Å². The third-order valence-electron chi connectivity index (χ3n) is 3.57. The summed E-state index contributed by atoms with van der Waals surface area (Å²) in [6.45, 7) is 5.74. The van der Waals surface area contributed by atoms with Crippen LogP contribution in [0.15, 0.2) is 35.2 Å². The maximum absolute atomic E-state index is 12.4. The SMILES string of the molecule is CCNC(=O)NC(=O)COC(=O)/C=C/c1ccc(S(=O)(=O)N(CC)CC)cc1. The lowest BCUT2D eigenvalue weighted by molar-refractivity contribution is -0.143. The molecule has 0 bridgehead atoms. The van der Waals surface area contributed by atoms with E-state index in [2.05, 4.69) is 5.32 Å². The third kappa shape index (κ3) is 7.12. The maximum Gasteiger partial charge on any atom is 0.331 e. The molecule has 0 fully saturated rings. The summed E-state index contributed by atoms with van der Waals surface area (Å²) in [6, 6.07) is 5.36. The van der Waals surface area contributed by atoms with Crippen molar-refractivity contribution in [3.05, 3.63) is 35.9 Å². The summed E-state index contributed by atoms with van der Waals surface area (Å²) in [5, 5.41) is 4.37. The van der Waals surface area contributed by atoms with Crippen molar-refractivity contribution < 1.29 is 27.5 Å². The summed E-state index contributed by atoms with van der Waals surface area (Å²) in [4.78, 5) is 34.4. The quantitative estimate of drug-likeness (QED) is 0.464. The second-order valence-electron chi connectivity index (χ2n) is 5.51. The van der Waals surface area contributed by atoms with Crippen molar-refractivity contribution in [1.29, 1.82) is 0 Å². The highest BCUT2D eigenvalue weighted by Gasteiger charge is 2.20. The van der Waals surface area contributed by atoms with E-state index < -0.39 is 34.5 Å². The Morgan fingerprint density at radius 2 is 1.68 bits per heavy atom. The molecule has 0 atom stereocenters. The Kier molecular flexibility index (Phi) is 9.33. The second kappa shape index (κ2) is 11.2. The molecule has 0 unspecified atom stereocenters. The minimum Gasteiger partial charge on any atom is -0.452 e. The zero-order valence-electron chi connectivity index (χ0n) is 16.1. The molecule has 0 aromatic heterocycles. The monoisotopic (exact) mass is 411 g/mol. The number of hydrogen-bond acceptors (Lipinski definition) is 6. The fourth-order valence-electron chi connectivity index (χ4n) is 2.18. The zero-order valence-corrected chi connectivity index (χ0v) is 16.9. The fourth-order valence-corrected chi connectivity index (χ4v) is 3.64. The lowest BCUT2D eigenvalue weighted by Crippen LogP contribution is -2.41. The molecule has 2 N–H and O–H groups in total. The van der Waals surface area contributed by atoms with Crippen LogP contribution in [0.1, 0.15) is 26.3 Å². The standard InChI is InChI=1S/C18H25N3O6S/c1-4-19-18(24)20-16(22)13-27-17(23)12-9-14-7-10-15(11-8-14)28(25,26)21(5-2)6-3/h7-12H,4-6,13H2,1-3H3,(H2,19,20,22,24)/b12-9+. The van der Waals surface area contributed by atoms with Crippen molar-refractivity contribution >= 4 is 34.0 Å². The van der Waals surface area contributed by atoms with Gasteiger partial charge in [-0.25, -0.2) is 18.0 Å². The van der Waals surface area contributed by atoms with Crippen LogP contribution in [0.2, 0.25) is 0 Å². The van der Waals surface area contributed by atoms with Gasteiger partial charge in [-0.3, -0.25) is 10.1 Å². The number of rotatable bonds is 9. The Morgan fingerprint density at radius 3 is 2.21 bits per heavy atom. The topological polar surface area (TPSA) is 122 Å². The lowest BCUT2D eigenvalue weighted by atomic mass is 10.2. The maximum atomic E-state index is 12.4. The Labute approximate surface area is 164 Å². The summed E-state index contributed by atoms with van der Waals surface area (Å²) < 4.78 is 30.9. The van der Waals surface area contributed by atoms with Gasteiger partial charge in [0.25, 0.3) is 5.91 Å². The minimum atomic E-state index is -3.54. The predicted octanol–water partition coefficient (Wildman–Crippen LogP) is 1.12. The predicted molar refractivity (Wildman–Crippen MR) is 104 cm³/mol. The number of nitrogens with one attached hydrogen (secondary N) is 2. The Bertz CT molecular complexity index is 814. The fraction of sp³-hybridized carbons (Fsp3) is 0.389. The number of carbonyl (C=O) groups excluding carboxylic acids is 3. The van der Waals surface area contributed by atoms with E-state index in [1.165, 1.54) is 22.5 Å². The number of carbonyl (C=O) groups is 3. The van der Waals surface area contributed by atoms with E-state index in [9.17, 15) is 22.8 Å². The molecular formula is C18H25N3O6S. The van der Waals surface area contributed by atoms with E-state index in [-0.39, 0.29) is 4.90 Å². The molecule has 1 aromatic rings. The third-order valence-corrected chi connectivity index (χ3v) is 5.64. The number of ether oxygens (including phenoxy) is 1. The van der Waals surface area contributed by atoms with Gasteiger partial charge < -0.3 is 10.1 Å². The number of amides is 3. The largest absolute Gasteiger partial charge is 0.452 e. The van der Waals surface area contributed by atoms with E-state index in [1.54, 1.807) is 32.9 Å². The molecule has 10 heteroatoms. The molecule has 0 spiro atoms. The molecule has 0 aliphatic carbocycles. The van der Waals surface area contributed by atoms with Crippen molar-refractivity contribution in [3.8, 4) is 0 Å². The minimum absolute atomic E-state index is 0.165. The number of benzene rings is 1. The highest BCUT2D eigenvalue weighted by Crippen LogP contribution is 2.16. The molecule has 0 aliphatic heterocycles. The molecule has 9 nitrogen and oxygen atoms in total. The van der Waals surface area contributed by atoms with Crippen LogP contribution in [-0.4, -0.2) is 56.9 Å². The van der Waals surface area contributed by atoms with Gasteiger partial charge in [-0.15, -0.1) is 0 Å². The van der Waals surface area contributed by atoms with E-state index >= 15 is 0 Å². The van der Waals surface area contributed by atoms with Crippen molar-refractivity contribution in [3.63, 3.8) is 0 Å². The highest BCUT2D eigenvalue weighted by molar-refractivity contribution is 7.89. The smallest absolute Gasteiger partial charge is 0.331 e. The number of imide groups is 1. The molecule has 0 aliphatic rings. The molecule has 3 amide bonds. The first kappa shape index (κ1) is 23.3.